The summed E-state index contributed by atoms with van der Waals surface area (Å²) in [5.74, 6) is 2.44. The smallest absolute Gasteiger partial charge is 0.132 e. The van der Waals surface area contributed by atoms with Crippen LogP contribution >= 0.6 is 0 Å². The third-order valence-corrected chi connectivity index (χ3v) is 3.12. The van der Waals surface area contributed by atoms with E-state index in [1.165, 1.54) is 0 Å². The minimum atomic E-state index is -0.00565. The van der Waals surface area contributed by atoms with Crippen LogP contribution in [0.4, 0.5) is 0 Å². The summed E-state index contributed by atoms with van der Waals surface area (Å²) in [6.07, 6.45) is 0.879. The Balaban J connectivity index is 2.17. The van der Waals surface area contributed by atoms with Crippen molar-refractivity contribution in [2.75, 3.05) is 6.61 Å². The van der Waals surface area contributed by atoms with Gasteiger partial charge >= 0.3 is 0 Å². The molecule has 0 unspecified atom stereocenters. The van der Waals surface area contributed by atoms with E-state index in [2.05, 4.69) is 6.92 Å². The van der Waals surface area contributed by atoms with Crippen molar-refractivity contribution in [3.8, 4) is 17.2 Å². The van der Waals surface area contributed by atoms with Gasteiger partial charge in [-0.15, -0.1) is 0 Å². The number of hydrogen-bond donors (Lipinski definition) is 1. The third kappa shape index (κ3) is 3.52. The number of rotatable bonds is 6. The monoisotopic (exact) mass is 271 g/mol. The van der Waals surface area contributed by atoms with Crippen LogP contribution < -0.4 is 15.2 Å². The molecule has 106 valence electrons. The van der Waals surface area contributed by atoms with E-state index >= 15 is 0 Å². The highest BCUT2D eigenvalue weighted by Gasteiger charge is 2.10. The highest BCUT2D eigenvalue weighted by atomic mass is 16.5. The maximum Gasteiger partial charge on any atom is 0.132 e. The molecule has 0 amide bonds. The fourth-order valence-electron chi connectivity index (χ4n) is 2.00. The van der Waals surface area contributed by atoms with Crippen LogP contribution in [0.2, 0.25) is 0 Å². The van der Waals surface area contributed by atoms with Crippen LogP contribution in [0.15, 0.2) is 48.5 Å². The van der Waals surface area contributed by atoms with Crippen LogP contribution in [-0.2, 0) is 0 Å². The summed E-state index contributed by atoms with van der Waals surface area (Å²) in [7, 11) is 0. The van der Waals surface area contributed by atoms with Crippen LogP contribution in [0, 0.1) is 0 Å². The zero-order valence-corrected chi connectivity index (χ0v) is 12.0. The second kappa shape index (κ2) is 6.96. The minimum absolute atomic E-state index is 0.00565. The summed E-state index contributed by atoms with van der Waals surface area (Å²) < 4.78 is 11.3. The van der Waals surface area contributed by atoms with Gasteiger partial charge in [0, 0.05) is 11.6 Å². The normalized spacial score (nSPS) is 11.9. The standard InChI is InChI=1S/C17H21NO2/c1-3-16(18)15-7-5-6-8-17(15)20-14-11-9-13(10-12-14)19-4-2/h5-12,16H,3-4,18H2,1-2H3/t16-/m1/s1. The fourth-order valence-corrected chi connectivity index (χ4v) is 2.00. The predicted molar refractivity (Wildman–Crippen MR) is 81.3 cm³/mol. The maximum absolute atomic E-state index is 6.11. The van der Waals surface area contributed by atoms with Crippen molar-refractivity contribution >= 4 is 0 Å². The van der Waals surface area contributed by atoms with Gasteiger partial charge in [-0.1, -0.05) is 25.1 Å². The molecule has 0 spiro atoms. The van der Waals surface area contributed by atoms with Gasteiger partial charge in [0.25, 0.3) is 0 Å². The highest BCUT2D eigenvalue weighted by molar-refractivity contribution is 5.40. The van der Waals surface area contributed by atoms with Crippen LogP contribution in [0.1, 0.15) is 31.9 Å². The zero-order valence-electron chi connectivity index (χ0n) is 12.0. The van der Waals surface area contributed by atoms with Crippen molar-refractivity contribution in [2.24, 2.45) is 5.73 Å². The van der Waals surface area contributed by atoms with Crippen molar-refractivity contribution in [1.82, 2.24) is 0 Å². The molecule has 20 heavy (non-hydrogen) atoms. The summed E-state index contributed by atoms with van der Waals surface area (Å²) in [6.45, 7) is 4.69. The first-order valence-corrected chi connectivity index (χ1v) is 6.99. The fraction of sp³-hybridized carbons (Fsp3) is 0.294. The second-order valence-corrected chi connectivity index (χ2v) is 4.56. The van der Waals surface area contributed by atoms with Gasteiger partial charge in [0.05, 0.1) is 6.61 Å². The predicted octanol–water partition coefficient (Wildman–Crippen LogP) is 4.29. The Bertz CT molecular complexity index is 537. The third-order valence-electron chi connectivity index (χ3n) is 3.12. The molecule has 2 aromatic rings. The lowest BCUT2D eigenvalue weighted by Crippen LogP contribution is -2.09. The minimum Gasteiger partial charge on any atom is -0.494 e. The molecule has 0 saturated heterocycles. The molecule has 1 atom stereocenters. The summed E-state index contributed by atoms with van der Waals surface area (Å²) in [6, 6.07) is 15.5. The first-order chi connectivity index (χ1) is 9.74. The number of nitrogens with two attached hydrogens (primary N) is 1. The van der Waals surface area contributed by atoms with E-state index in [0.717, 1.165) is 29.2 Å². The summed E-state index contributed by atoms with van der Waals surface area (Å²) in [5, 5.41) is 0. The number of para-hydroxylation sites is 1. The molecule has 0 aromatic heterocycles. The molecule has 0 aliphatic heterocycles. The van der Waals surface area contributed by atoms with Gasteiger partial charge in [0.1, 0.15) is 17.2 Å². The maximum atomic E-state index is 6.11. The molecule has 2 rings (SSSR count). The Morgan fingerprint density at radius 1 is 0.950 bits per heavy atom. The molecule has 0 bridgehead atoms. The van der Waals surface area contributed by atoms with E-state index in [9.17, 15) is 0 Å². The summed E-state index contributed by atoms with van der Waals surface area (Å²) >= 11 is 0. The van der Waals surface area contributed by atoms with E-state index < -0.39 is 0 Å². The van der Waals surface area contributed by atoms with Crippen LogP contribution in [0.3, 0.4) is 0 Å². The molecular formula is C17H21NO2. The largest absolute Gasteiger partial charge is 0.494 e. The van der Waals surface area contributed by atoms with Gasteiger partial charge < -0.3 is 15.2 Å². The van der Waals surface area contributed by atoms with E-state index in [0.29, 0.717) is 6.61 Å². The van der Waals surface area contributed by atoms with Crippen molar-refractivity contribution in [2.45, 2.75) is 26.3 Å². The van der Waals surface area contributed by atoms with Crippen molar-refractivity contribution in [3.05, 3.63) is 54.1 Å². The van der Waals surface area contributed by atoms with Crippen LogP contribution in [0.5, 0.6) is 17.2 Å². The average Bonchev–Trinajstić information content (AvgIpc) is 2.49. The van der Waals surface area contributed by atoms with Crippen molar-refractivity contribution < 1.29 is 9.47 Å². The summed E-state index contributed by atoms with van der Waals surface area (Å²) in [5.41, 5.74) is 7.14. The van der Waals surface area contributed by atoms with Gasteiger partial charge in [-0.2, -0.15) is 0 Å². The zero-order chi connectivity index (χ0) is 14.4. The second-order valence-electron chi connectivity index (χ2n) is 4.56. The van der Waals surface area contributed by atoms with E-state index in [1.54, 1.807) is 0 Å². The molecule has 0 aliphatic carbocycles. The van der Waals surface area contributed by atoms with Crippen LogP contribution in [-0.4, -0.2) is 6.61 Å². The molecule has 3 nitrogen and oxygen atoms in total. The molecule has 0 radical (unpaired) electrons. The Morgan fingerprint density at radius 3 is 2.25 bits per heavy atom. The number of ether oxygens (including phenoxy) is 2. The lowest BCUT2D eigenvalue weighted by Gasteiger charge is -2.15. The van der Waals surface area contributed by atoms with Gasteiger partial charge in [0.15, 0.2) is 0 Å². The van der Waals surface area contributed by atoms with Gasteiger partial charge in [0.2, 0.25) is 0 Å². The lowest BCUT2D eigenvalue weighted by atomic mass is 10.0. The van der Waals surface area contributed by atoms with Crippen LogP contribution in [0.25, 0.3) is 0 Å². The molecule has 2 N–H and O–H groups in total. The van der Waals surface area contributed by atoms with Gasteiger partial charge in [-0.3, -0.25) is 0 Å². The quantitative estimate of drug-likeness (QED) is 0.852. The average molecular weight is 271 g/mol. The topological polar surface area (TPSA) is 44.5 Å². The molecule has 0 heterocycles. The Labute approximate surface area is 120 Å². The Kier molecular flexibility index (Phi) is 5.02. The van der Waals surface area contributed by atoms with Gasteiger partial charge in [-0.05, 0) is 43.7 Å². The van der Waals surface area contributed by atoms with E-state index in [1.807, 2.05) is 55.5 Å². The lowest BCUT2D eigenvalue weighted by molar-refractivity contribution is 0.339. The summed E-state index contributed by atoms with van der Waals surface area (Å²) in [4.78, 5) is 0. The molecule has 3 heteroatoms. The van der Waals surface area contributed by atoms with Crippen molar-refractivity contribution in [3.63, 3.8) is 0 Å². The van der Waals surface area contributed by atoms with Crippen molar-refractivity contribution in [1.29, 1.82) is 0 Å². The molecular weight excluding hydrogens is 250 g/mol. The van der Waals surface area contributed by atoms with Gasteiger partial charge in [-0.25, -0.2) is 0 Å². The van der Waals surface area contributed by atoms with E-state index in [4.69, 9.17) is 15.2 Å². The Morgan fingerprint density at radius 2 is 1.60 bits per heavy atom. The number of hydrogen-bond acceptors (Lipinski definition) is 3. The molecule has 0 fully saturated rings. The molecule has 0 saturated carbocycles. The SMILES string of the molecule is CCOc1ccc(Oc2ccccc2[C@H](N)CC)cc1. The first-order valence-electron chi connectivity index (χ1n) is 6.99. The highest BCUT2D eigenvalue weighted by Crippen LogP contribution is 2.30. The molecule has 0 aliphatic rings. The Hall–Kier alpha value is -2.00. The van der Waals surface area contributed by atoms with E-state index in [-0.39, 0.29) is 6.04 Å². The molecule has 2 aromatic carbocycles. The first kappa shape index (κ1) is 14.4. The number of benzene rings is 2.